The molecule has 122 valence electrons. The molecular formula is C16H27N5O. The van der Waals surface area contributed by atoms with Gasteiger partial charge >= 0.3 is 0 Å². The van der Waals surface area contributed by atoms with Gasteiger partial charge in [0, 0.05) is 64.2 Å². The number of carbonyl (C=O) groups is 1. The number of carbonyl (C=O) groups excluding carboxylic acids is 1. The Labute approximate surface area is 132 Å². The van der Waals surface area contributed by atoms with Crippen molar-refractivity contribution in [3.05, 3.63) is 24.0 Å². The highest BCUT2D eigenvalue weighted by molar-refractivity contribution is 5.83. The third kappa shape index (κ3) is 3.34. The SMILES string of the molecule is CCN1CCN(C(C(=O)N2CCNCC2)c2ccc[nH]2)CC1. The molecule has 2 aliphatic rings. The van der Waals surface area contributed by atoms with E-state index in [2.05, 4.69) is 27.0 Å². The fraction of sp³-hybridized carbons (Fsp3) is 0.688. The molecular weight excluding hydrogens is 278 g/mol. The lowest BCUT2D eigenvalue weighted by atomic mass is 10.1. The average Bonchev–Trinajstić information content (AvgIpc) is 3.10. The van der Waals surface area contributed by atoms with E-state index >= 15 is 0 Å². The lowest BCUT2D eigenvalue weighted by molar-refractivity contribution is -0.138. The molecule has 0 radical (unpaired) electrons. The van der Waals surface area contributed by atoms with Gasteiger partial charge in [0.2, 0.25) is 5.91 Å². The molecule has 2 N–H and O–H groups in total. The summed E-state index contributed by atoms with van der Waals surface area (Å²) < 4.78 is 0. The Kier molecular flexibility index (Phi) is 5.12. The zero-order chi connectivity index (χ0) is 15.4. The lowest BCUT2D eigenvalue weighted by Crippen LogP contribution is -2.54. The summed E-state index contributed by atoms with van der Waals surface area (Å²) in [6.07, 6.45) is 1.91. The van der Waals surface area contributed by atoms with E-state index in [1.807, 2.05) is 23.2 Å². The molecule has 2 aliphatic heterocycles. The van der Waals surface area contributed by atoms with Crippen LogP contribution in [-0.2, 0) is 4.79 Å². The maximum Gasteiger partial charge on any atom is 0.246 e. The van der Waals surface area contributed by atoms with E-state index in [1.54, 1.807) is 0 Å². The van der Waals surface area contributed by atoms with Crippen molar-refractivity contribution in [1.29, 1.82) is 0 Å². The summed E-state index contributed by atoms with van der Waals surface area (Å²) in [6, 6.07) is 3.86. The number of aromatic nitrogens is 1. The molecule has 0 aromatic carbocycles. The molecule has 1 amide bonds. The molecule has 3 heterocycles. The second-order valence-electron chi connectivity index (χ2n) is 6.07. The Morgan fingerprint density at radius 1 is 1.18 bits per heavy atom. The fourth-order valence-electron chi connectivity index (χ4n) is 3.40. The van der Waals surface area contributed by atoms with E-state index in [0.717, 1.165) is 64.6 Å². The molecule has 1 aromatic rings. The zero-order valence-electron chi connectivity index (χ0n) is 13.4. The first-order valence-corrected chi connectivity index (χ1v) is 8.39. The number of nitrogens with one attached hydrogen (secondary N) is 2. The van der Waals surface area contributed by atoms with E-state index in [4.69, 9.17) is 0 Å². The van der Waals surface area contributed by atoms with E-state index in [-0.39, 0.29) is 11.9 Å². The molecule has 1 aromatic heterocycles. The van der Waals surface area contributed by atoms with Crippen molar-refractivity contribution in [3.8, 4) is 0 Å². The number of likely N-dealkylation sites (N-methyl/N-ethyl adjacent to an activating group) is 1. The van der Waals surface area contributed by atoms with Crippen molar-refractivity contribution in [3.63, 3.8) is 0 Å². The van der Waals surface area contributed by atoms with Gasteiger partial charge < -0.3 is 20.1 Å². The van der Waals surface area contributed by atoms with Gasteiger partial charge in [-0.3, -0.25) is 9.69 Å². The van der Waals surface area contributed by atoms with Crippen LogP contribution in [0.5, 0.6) is 0 Å². The first kappa shape index (κ1) is 15.5. The van der Waals surface area contributed by atoms with Gasteiger partial charge in [-0.05, 0) is 18.7 Å². The maximum atomic E-state index is 13.1. The first-order chi connectivity index (χ1) is 10.8. The fourth-order valence-corrected chi connectivity index (χ4v) is 3.40. The van der Waals surface area contributed by atoms with E-state index in [0.29, 0.717) is 0 Å². The third-order valence-corrected chi connectivity index (χ3v) is 4.80. The van der Waals surface area contributed by atoms with Gasteiger partial charge in [0.15, 0.2) is 0 Å². The molecule has 3 rings (SSSR count). The van der Waals surface area contributed by atoms with Crippen molar-refractivity contribution in [2.45, 2.75) is 13.0 Å². The van der Waals surface area contributed by atoms with Crippen LogP contribution in [0.25, 0.3) is 0 Å². The van der Waals surface area contributed by atoms with Crippen LogP contribution < -0.4 is 5.32 Å². The lowest BCUT2D eigenvalue weighted by Gasteiger charge is -2.40. The summed E-state index contributed by atoms with van der Waals surface area (Å²) in [5.74, 6) is 0.244. The van der Waals surface area contributed by atoms with Crippen molar-refractivity contribution in [1.82, 2.24) is 25.0 Å². The van der Waals surface area contributed by atoms with E-state index in [1.165, 1.54) is 0 Å². The van der Waals surface area contributed by atoms with Crippen molar-refractivity contribution >= 4 is 5.91 Å². The second kappa shape index (κ2) is 7.26. The van der Waals surface area contributed by atoms with E-state index < -0.39 is 0 Å². The molecule has 22 heavy (non-hydrogen) atoms. The topological polar surface area (TPSA) is 54.6 Å². The number of H-pyrrole nitrogens is 1. The van der Waals surface area contributed by atoms with Gasteiger partial charge in [0.1, 0.15) is 6.04 Å². The van der Waals surface area contributed by atoms with Crippen LogP contribution in [-0.4, -0.2) is 84.5 Å². The summed E-state index contributed by atoms with van der Waals surface area (Å²) in [4.78, 5) is 23.1. The highest BCUT2D eigenvalue weighted by Gasteiger charge is 2.34. The van der Waals surface area contributed by atoms with Crippen molar-refractivity contribution in [2.24, 2.45) is 0 Å². The Balaban J connectivity index is 1.74. The van der Waals surface area contributed by atoms with Crippen LogP contribution in [0.2, 0.25) is 0 Å². The smallest absolute Gasteiger partial charge is 0.246 e. The monoisotopic (exact) mass is 305 g/mol. The van der Waals surface area contributed by atoms with Gasteiger partial charge in [-0.2, -0.15) is 0 Å². The number of nitrogens with zero attached hydrogens (tertiary/aromatic N) is 3. The number of amides is 1. The summed E-state index contributed by atoms with van der Waals surface area (Å²) in [6.45, 7) is 10.7. The molecule has 1 unspecified atom stereocenters. The number of rotatable bonds is 4. The Bertz CT molecular complexity index is 461. The Morgan fingerprint density at radius 2 is 1.91 bits per heavy atom. The van der Waals surface area contributed by atoms with Gasteiger partial charge in [0.05, 0.1) is 0 Å². The highest BCUT2D eigenvalue weighted by Crippen LogP contribution is 2.23. The summed E-state index contributed by atoms with van der Waals surface area (Å²) in [5, 5.41) is 3.31. The van der Waals surface area contributed by atoms with Gasteiger partial charge in [-0.15, -0.1) is 0 Å². The normalized spacial score (nSPS) is 22.7. The van der Waals surface area contributed by atoms with E-state index in [9.17, 15) is 4.79 Å². The number of hydrogen-bond acceptors (Lipinski definition) is 4. The van der Waals surface area contributed by atoms with Crippen LogP contribution in [0.15, 0.2) is 18.3 Å². The molecule has 6 heteroatoms. The van der Waals surface area contributed by atoms with Gasteiger partial charge in [-0.25, -0.2) is 0 Å². The average molecular weight is 305 g/mol. The predicted octanol–water partition coefficient (Wildman–Crippen LogP) is 0.125. The zero-order valence-corrected chi connectivity index (χ0v) is 13.4. The summed E-state index contributed by atoms with van der Waals surface area (Å²) in [7, 11) is 0. The first-order valence-electron chi connectivity index (χ1n) is 8.39. The van der Waals surface area contributed by atoms with Crippen molar-refractivity contribution in [2.75, 3.05) is 58.9 Å². The highest BCUT2D eigenvalue weighted by atomic mass is 16.2. The molecule has 2 saturated heterocycles. The quantitative estimate of drug-likeness (QED) is 0.830. The maximum absolute atomic E-state index is 13.1. The molecule has 1 atom stereocenters. The van der Waals surface area contributed by atoms with Gasteiger partial charge in [-0.1, -0.05) is 6.92 Å². The van der Waals surface area contributed by atoms with Crippen LogP contribution in [0.3, 0.4) is 0 Å². The minimum atomic E-state index is -0.160. The third-order valence-electron chi connectivity index (χ3n) is 4.80. The molecule has 0 saturated carbocycles. The standard InChI is InChI=1S/C16H27N5O/c1-2-19-10-12-20(13-11-19)15(14-4-3-5-18-14)16(22)21-8-6-17-7-9-21/h3-5,15,17-18H,2,6-13H2,1H3. The minimum absolute atomic E-state index is 0.160. The van der Waals surface area contributed by atoms with Crippen molar-refractivity contribution < 1.29 is 4.79 Å². The molecule has 0 aliphatic carbocycles. The molecule has 0 spiro atoms. The van der Waals surface area contributed by atoms with Gasteiger partial charge in [0.25, 0.3) is 0 Å². The number of aromatic amines is 1. The predicted molar refractivity (Wildman–Crippen MR) is 86.7 cm³/mol. The minimum Gasteiger partial charge on any atom is -0.363 e. The Morgan fingerprint density at radius 3 is 2.50 bits per heavy atom. The van der Waals surface area contributed by atoms with Crippen LogP contribution in [0, 0.1) is 0 Å². The molecule has 2 fully saturated rings. The largest absolute Gasteiger partial charge is 0.363 e. The summed E-state index contributed by atoms with van der Waals surface area (Å²) in [5.41, 5.74) is 1.02. The second-order valence-corrected chi connectivity index (χ2v) is 6.07. The summed E-state index contributed by atoms with van der Waals surface area (Å²) >= 11 is 0. The number of hydrogen-bond donors (Lipinski definition) is 2. The van der Waals surface area contributed by atoms with Crippen LogP contribution in [0.4, 0.5) is 0 Å². The molecule has 0 bridgehead atoms. The van der Waals surface area contributed by atoms with Crippen LogP contribution >= 0.6 is 0 Å². The molecule has 6 nitrogen and oxygen atoms in total. The Hall–Kier alpha value is -1.37. The number of piperazine rings is 2. The van der Waals surface area contributed by atoms with Crippen LogP contribution in [0.1, 0.15) is 18.7 Å².